The summed E-state index contributed by atoms with van der Waals surface area (Å²) in [6.07, 6.45) is 4.49. The average molecular weight is 270 g/mol. The van der Waals surface area contributed by atoms with Crippen LogP contribution in [0.5, 0.6) is 0 Å². The Hall–Kier alpha value is -1.40. The molecule has 2 aromatic rings. The maximum absolute atomic E-state index is 6.05. The molecule has 2 rings (SSSR count). The van der Waals surface area contributed by atoms with Crippen LogP contribution in [0.4, 0.5) is 0 Å². The molecule has 0 unspecified atom stereocenters. The third-order valence-corrected chi connectivity index (χ3v) is 2.85. The van der Waals surface area contributed by atoms with E-state index in [-0.39, 0.29) is 0 Å². The van der Waals surface area contributed by atoms with Crippen LogP contribution in [0.25, 0.3) is 0 Å². The molecule has 0 aliphatic carbocycles. The maximum Gasteiger partial charge on any atom is 0.213 e. The highest BCUT2D eigenvalue weighted by Crippen LogP contribution is 2.14. The molecule has 7 heteroatoms. The van der Waals surface area contributed by atoms with Crippen LogP contribution in [-0.4, -0.2) is 20.1 Å². The molecule has 0 atom stereocenters. The zero-order valence-electron chi connectivity index (χ0n) is 10.2. The van der Waals surface area contributed by atoms with E-state index in [4.69, 9.17) is 11.6 Å². The van der Waals surface area contributed by atoms with Crippen LogP contribution >= 0.6 is 11.6 Å². The Balaban J connectivity index is 1.83. The molecular weight excluding hydrogens is 254 g/mol. The highest BCUT2D eigenvalue weighted by molar-refractivity contribution is 6.30. The van der Waals surface area contributed by atoms with Gasteiger partial charge in [0, 0.05) is 13.0 Å². The molecule has 0 saturated carbocycles. The van der Waals surface area contributed by atoms with Gasteiger partial charge < -0.3 is 14.8 Å². The molecule has 0 aromatic carbocycles. The minimum Gasteiger partial charge on any atom is -0.344 e. The van der Waals surface area contributed by atoms with Crippen LogP contribution in [0.2, 0.25) is 5.15 Å². The van der Waals surface area contributed by atoms with Gasteiger partial charge in [0.25, 0.3) is 0 Å². The van der Waals surface area contributed by atoms with Gasteiger partial charge in [0.15, 0.2) is 11.0 Å². The lowest BCUT2D eigenvalue weighted by Gasteiger charge is -1.99. The molecule has 6 nitrogen and oxygen atoms in total. The Kier molecular flexibility index (Phi) is 4.72. The summed E-state index contributed by atoms with van der Waals surface area (Å²) in [5.74, 6) is 1.56. The first-order chi connectivity index (χ1) is 8.79. The van der Waals surface area contributed by atoms with Crippen molar-refractivity contribution in [3.63, 3.8) is 0 Å². The number of aryl methyl sites for hydroxylation is 1. The Bertz CT molecular complexity index is 468. The summed E-state index contributed by atoms with van der Waals surface area (Å²) in [7, 11) is 0. The number of nitrogens with zero attached hydrogens (tertiary/aromatic N) is 3. The van der Waals surface area contributed by atoms with Crippen LogP contribution in [0.3, 0.4) is 0 Å². The van der Waals surface area contributed by atoms with Crippen molar-refractivity contribution >= 4 is 11.6 Å². The number of hydrogen-bond acceptors (Lipinski definition) is 5. The second-order valence-corrected chi connectivity index (χ2v) is 4.37. The molecule has 0 saturated heterocycles. The quantitative estimate of drug-likeness (QED) is 0.804. The summed E-state index contributed by atoms with van der Waals surface area (Å²) >= 11 is 6.05. The lowest BCUT2D eigenvalue weighted by molar-refractivity contribution is 0.407. The van der Waals surface area contributed by atoms with Crippen molar-refractivity contribution in [3.8, 4) is 0 Å². The first kappa shape index (κ1) is 13.0. The fraction of sp³-hybridized carbons (Fsp3) is 0.545. The van der Waals surface area contributed by atoms with Crippen molar-refractivity contribution in [2.75, 3.05) is 0 Å². The summed E-state index contributed by atoms with van der Waals surface area (Å²) in [5.41, 5.74) is 0.895. The van der Waals surface area contributed by atoms with Crippen molar-refractivity contribution in [3.05, 3.63) is 28.9 Å². The molecule has 18 heavy (non-hydrogen) atoms. The van der Waals surface area contributed by atoms with Crippen molar-refractivity contribution in [2.24, 2.45) is 0 Å². The molecular formula is C11H16ClN5O. The molecule has 0 fully saturated rings. The Morgan fingerprint density at radius 3 is 3.06 bits per heavy atom. The van der Waals surface area contributed by atoms with Gasteiger partial charge in [0.2, 0.25) is 6.39 Å². The third-order valence-electron chi connectivity index (χ3n) is 2.54. The van der Waals surface area contributed by atoms with Crippen LogP contribution in [0, 0.1) is 0 Å². The van der Waals surface area contributed by atoms with E-state index < -0.39 is 0 Å². The molecule has 0 aliphatic heterocycles. The minimum atomic E-state index is 0.529. The predicted octanol–water partition coefficient (Wildman–Crippen LogP) is 2.08. The summed E-state index contributed by atoms with van der Waals surface area (Å²) in [5, 5.41) is 7.41. The van der Waals surface area contributed by atoms with Gasteiger partial charge in [-0.2, -0.15) is 4.98 Å². The number of hydrogen-bond donors (Lipinski definition) is 2. The Morgan fingerprint density at radius 2 is 2.33 bits per heavy atom. The van der Waals surface area contributed by atoms with Gasteiger partial charge in [-0.15, -0.1) is 0 Å². The molecule has 0 amide bonds. The minimum absolute atomic E-state index is 0.529. The van der Waals surface area contributed by atoms with Crippen molar-refractivity contribution in [1.29, 1.82) is 0 Å². The molecule has 2 N–H and O–H groups in total. The number of aromatic amines is 1. The van der Waals surface area contributed by atoms with Crippen molar-refractivity contribution in [2.45, 2.75) is 39.3 Å². The van der Waals surface area contributed by atoms with Crippen LogP contribution in [0.1, 0.15) is 37.1 Å². The average Bonchev–Trinajstić information content (AvgIpc) is 2.98. The second kappa shape index (κ2) is 6.51. The van der Waals surface area contributed by atoms with Crippen LogP contribution < -0.4 is 5.32 Å². The van der Waals surface area contributed by atoms with Gasteiger partial charge >= 0.3 is 0 Å². The van der Waals surface area contributed by atoms with Gasteiger partial charge in [-0.05, 0) is 6.42 Å². The van der Waals surface area contributed by atoms with E-state index in [0.29, 0.717) is 24.1 Å². The Morgan fingerprint density at radius 1 is 1.44 bits per heavy atom. The number of rotatable bonds is 7. The number of H-pyrrole nitrogens is 1. The van der Waals surface area contributed by atoms with Crippen molar-refractivity contribution < 1.29 is 4.52 Å². The summed E-state index contributed by atoms with van der Waals surface area (Å²) in [4.78, 5) is 11.4. The first-order valence-electron chi connectivity index (χ1n) is 5.98. The molecule has 0 spiro atoms. The van der Waals surface area contributed by atoms with E-state index in [1.165, 1.54) is 6.39 Å². The molecule has 98 valence electrons. The van der Waals surface area contributed by atoms with Crippen LogP contribution in [-0.2, 0) is 19.5 Å². The second-order valence-electron chi connectivity index (χ2n) is 4.01. The van der Waals surface area contributed by atoms with Gasteiger partial charge in [0.1, 0.15) is 5.82 Å². The third kappa shape index (κ3) is 3.54. The van der Waals surface area contributed by atoms with Crippen LogP contribution in [0.15, 0.2) is 10.9 Å². The topological polar surface area (TPSA) is 79.6 Å². The standard InChI is InChI=1S/C11H16ClN5O/c1-2-3-4-9-15-8(11(12)16-9)5-13-6-10-14-7-18-17-10/h7,13H,2-6H2,1H3,(H,15,16). The molecule has 2 heterocycles. The van der Waals surface area contributed by atoms with E-state index in [9.17, 15) is 0 Å². The normalized spacial score (nSPS) is 11.0. The lowest BCUT2D eigenvalue weighted by atomic mass is 10.2. The fourth-order valence-corrected chi connectivity index (χ4v) is 1.81. The monoisotopic (exact) mass is 269 g/mol. The maximum atomic E-state index is 6.05. The number of aromatic nitrogens is 4. The van der Waals surface area contributed by atoms with E-state index in [1.54, 1.807) is 0 Å². The van der Waals surface area contributed by atoms with E-state index in [0.717, 1.165) is 30.8 Å². The summed E-state index contributed by atoms with van der Waals surface area (Å²) in [6.45, 7) is 3.29. The predicted molar refractivity (Wildman–Crippen MR) is 67.1 cm³/mol. The number of halogens is 1. The smallest absolute Gasteiger partial charge is 0.213 e. The number of imidazole rings is 1. The zero-order valence-corrected chi connectivity index (χ0v) is 11.0. The first-order valence-corrected chi connectivity index (χ1v) is 6.36. The number of unbranched alkanes of at least 4 members (excludes halogenated alkanes) is 1. The van der Waals surface area contributed by atoms with Gasteiger partial charge in [-0.25, -0.2) is 4.98 Å². The molecule has 2 aromatic heterocycles. The number of nitrogens with one attached hydrogen (secondary N) is 2. The van der Waals surface area contributed by atoms with Gasteiger partial charge in [0.05, 0.1) is 12.2 Å². The lowest BCUT2D eigenvalue weighted by Crippen LogP contribution is -2.14. The molecule has 0 radical (unpaired) electrons. The highest BCUT2D eigenvalue weighted by atomic mass is 35.5. The van der Waals surface area contributed by atoms with E-state index in [2.05, 4.69) is 36.9 Å². The summed E-state index contributed by atoms with van der Waals surface area (Å²) in [6, 6.07) is 0. The fourth-order valence-electron chi connectivity index (χ4n) is 1.59. The molecule has 0 bridgehead atoms. The molecule has 0 aliphatic rings. The Labute approximate surface area is 110 Å². The van der Waals surface area contributed by atoms with Crippen molar-refractivity contribution in [1.82, 2.24) is 25.4 Å². The largest absolute Gasteiger partial charge is 0.344 e. The van der Waals surface area contributed by atoms with E-state index in [1.807, 2.05) is 0 Å². The SMILES string of the molecule is CCCCc1nc(Cl)c(CNCc2ncon2)[nH]1. The highest BCUT2D eigenvalue weighted by Gasteiger charge is 2.08. The zero-order chi connectivity index (χ0) is 12.8. The van der Waals surface area contributed by atoms with Gasteiger partial charge in [-0.1, -0.05) is 30.1 Å². The summed E-state index contributed by atoms with van der Waals surface area (Å²) < 4.78 is 4.64. The van der Waals surface area contributed by atoms with E-state index >= 15 is 0 Å². The van der Waals surface area contributed by atoms with Gasteiger partial charge in [-0.3, -0.25) is 0 Å².